The Morgan fingerprint density at radius 1 is 1.05 bits per heavy atom. The molecule has 0 heterocycles. The van der Waals surface area contributed by atoms with Gasteiger partial charge in [-0.2, -0.15) is 0 Å². The summed E-state index contributed by atoms with van der Waals surface area (Å²) in [4.78, 5) is 0. The van der Waals surface area contributed by atoms with E-state index < -0.39 is 0 Å². The van der Waals surface area contributed by atoms with E-state index in [0.29, 0.717) is 12.6 Å². The fraction of sp³-hybridized carbons (Fsp3) is 0.333. The summed E-state index contributed by atoms with van der Waals surface area (Å²) in [5, 5.41) is 3.56. The van der Waals surface area contributed by atoms with E-state index >= 15 is 0 Å². The largest absolute Gasteiger partial charge is 0.380 e. The normalized spacial score (nSPS) is 12.3. The molecule has 2 aromatic rings. The SMILES string of the molecule is COCc1ccc(CN[C@H](C)c2cccc(C)c2)cc1. The molecular formula is C18H23NO. The third-order valence-electron chi connectivity index (χ3n) is 3.49. The van der Waals surface area contributed by atoms with Crippen molar-refractivity contribution in [1.82, 2.24) is 5.32 Å². The maximum Gasteiger partial charge on any atom is 0.0713 e. The molecule has 0 saturated carbocycles. The van der Waals surface area contributed by atoms with Gasteiger partial charge in [0.15, 0.2) is 0 Å². The van der Waals surface area contributed by atoms with Crippen LogP contribution in [0.2, 0.25) is 0 Å². The predicted octanol–water partition coefficient (Wildman–Crippen LogP) is 3.99. The smallest absolute Gasteiger partial charge is 0.0713 e. The van der Waals surface area contributed by atoms with Gasteiger partial charge in [-0.25, -0.2) is 0 Å². The van der Waals surface area contributed by atoms with Gasteiger partial charge < -0.3 is 10.1 Å². The van der Waals surface area contributed by atoms with Crippen molar-refractivity contribution in [1.29, 1.82) is 0 Å². The maximum absolute atomic E-state index is 5.12. The minimum absolute atomic E-state index is 0.355. The first-order valence-electron chi connectivity index (χ1n) is 7.06. The fourth-order valence-corrected chi connectivity index (χ4v) is 2.25. The first kappa shape index (κ1) is 14.8. The van der Waals surface area contributed by atoms with Gasteiger partial charge in [0.1, 0.15) is 0 Å². The van der Waals surface area contributed by atoms with Crippen molar-refractivity contribution in [3.63, 3.8) is 0 Å². The topological polar surface area (TPSA) is 21.3 Å². The van der Waals surface area contributed by atoms with Crippen molar-refractivity contribution >= 4 is 0 Å². The molecule has 0 unspecified atom stereocenters. The average Bonchev–Trinajstić information content (AvgIpc) is 2.46. The van der Waals surface area contributed by atoms with Crippen molar-refractivity contribution in [2.24, 2.45) is 0 Å². The molecule has 1 N–H and O–H groups in total. The Labute approximate surface area is 121 Å². The second-order valence-electron chi connectivity index (χ2n) is 5.27. The second-order valence-corrected chi connectivity index (χ2v) is 5.27. The molecule has 106 valence electrons. The molecule has 2 heteroatoms. The number of rotatable bonds is 6. The molecule has 0 fully saturated rings. The Bertz CT molecular complexity index is 533. The van der Waals surface area contributed by atoms with Crippen LogP contribution >= 0.6 is 0 Å². The molecule has 1 atom stereocenters. The Hall–Kier alpha value is -1.64. The van der Waals surface area contributed by atoms with E-state index in [2.05, 4.69) is 67.7 Å². The van der Waals surface area contributed by atoms with Crippen LogP contribution in [0, 0.1) is 6.92 Å². The van der Waals surface area contributed by atoms with Gasteiger partial charge in [-0.15, -0.1) is 0 Å². The number of hydrogen-bond donors (Lipinski definition) is 1. The molecule has 2 aromatic carbocycles. The molecule has 0 amide bonds. The van der Waals surface area contributed by atoms with Crippen molar-refractivity contribution in [2.45, 2.75) is 33.0 Å². The summed E-state index contributed by atoms with van der Waals surface area (Å²) in [6.07, 6.45) is 0. The van der Waals surface area contributed by atoms with Crippen LogP contribution in [0.25, 0.3) is 0 Å². The number of benzene rings is 2. The lowest BCUT2D eigenvalue weighted by Crippen LogP contribution is -2.18. The van der Waals surface area contributed by atoms with Gasteiger partial charge in [0, 0.05) is 19.7 Å². The van der Waals surface area contributed by atoms with E-state index in [-0.39, 0.29) is 0 Å². The molecule has 0 aliphatic rings. The highest BCUT2D eigenvalue weighted by atomic mass is 16.5. The van der Waals surface area contributed by atoms with E-state index in [1.54, 1.807) is 7.11 Å². The first-order chi connectivity index (χ1) is 9.69. The van der Waals surface area contributed by atoms with Crippen LogP contribution < -0.4 is 5.32 Å². The molecule has 0 bridgehead atoms. The van der Waals surface area contributed by atoms with Crippen LogP contribution in [0.15, 0.2) is 48.5 Å². The van der Waals surface area contributed by atoms with Gasteiger partial charge in [0.25, 0.3) is 0 Å². The Kier molecular flexibility index (Phi) is 5.33. The summed E-state index contributed by atoms with van der Waals surface area (Å²) in [6.45, 7) is 5.88. The minimum Gasteiger partial charge on any atom is -0.380 e. The van der Waals surface area contributed by atoms with Crippen molar-refractivity contribution in [3.8, 4) is 0 Å². The quantitative estimate of drug-likeness (QED) is 0.856. The minimum atomic E-state index is 0.355. The van der Waals surface area contributed by atoms with Crippen LogP contribution in [0.4, 0.5) is 0 Å². The number of hydrogen-bond acceptors (Lipinski definition) is 2. The summed E-state index contributed by atoms with van der Waals surface area (Å²) < 4.78 is 5.12. The van der Waals surface area contributed by atoms with Gasteiger partial charge in [-0.1, -0.05) is 54.1 Å². The average molecular weight is 269 g/mol. The summed E-state index contributed by atoms with van der Waals surface area (Å²) in [5.41, 5.74) is 5.15. The third-order valence-corrected chi connectivity index (χ3v) is 3.49. The summed E-state index contributed by atoms with van der Waals surface area (Å²) in [6, 6.07) is 17.6. The highest BCUT2D eigenvalue weighted by Gasteiger charge is 2.04. The molecule has 2 rings (SSSR count). The predicted molar refractivity (Wildman–Crippen MR) is 83.6 cm³/mol. The van der Waals surface area contributed by atoms with Gasteiger partial charge in [0.05, 0.1) is 6.61 Å². The zero-order valence-corrected chi connectivity index (χ0v) is 12.5. The lowest BCUT2D eigenvalue weighted by Gasteiger charge is -2.15. The molecule has 0 radical (unpaired) electrons. The zero-order valence-electron chi connectivity index (χ0n) is 12.5. The van der Waals surface area contributed by atoms with Crippen molar-refractivity contribution < 1.29 is 4.74 Å². The first-order valence-corrected chi connectivity index (χ1v) is 7.06. The van der Waals surface area contributed by atoms with Gasteiger partial charge in [-0.3, -0.25) is 0 Å². The van der Waals surface area contributed by atoms with E-state index in [1.165, 1.54) is 22.3 Å². The molecular weight excluding hydrogens is 246 g/mol. The molecule has 0 aliphatic heterocycles. The summed E-state index contributed by atoms with van der Waals surface area (Å²) in [7, 11) is 1.72. The Morgan fingerprint density at radius 3 is 2.40 bits per heavy atom. The van der Waals surface area contributed by atoms with Gasteiger partial charge in [-0.05, 0) is 30.5 Å². The third kappa shape index (κ3) is 4.19. The van der Waals surface area contributed by atoms with E-state index in [1.807, 2.05) is 0 Å². The van der Waals surface area contributed by atoms with E-state index in [9.17, 15) is 0 Å². The van der Waals surface area contributed by atoms with E-state index in [0.717, 1.165) is 6.54 Å². The molecule has 0 aliphatic carbocycles. The van der Waals surface area contributed by atoms with E-state index in [4.69, 9.17) is 4.74 Å². The zero-order chi connectivity index (χ0) is 14.4. The van der Waals surface area contributed by atoms with Gasteiger partial charge >= 0.3 is 0 Å². The number of aryl methyl sites for hydroxylation is 1. The highest BCUT2D eigenvalue weighted by Crippen LogP contribution is 2.14. The summed E-state index contributed by atoms with van der Waals surface area (Å²) in [5.74, 6) is 0. The molecule has 0 saturated heterocycles. The standard InChI is InChI=1S/C18H23NO/c1-14-5-4-6-18(11-14)15(2)19-12-16-7-9-17(10-8-16)13-20-3/h4-11,15,19H,12-13H2,1-3H3/t15-/m1/s1. The molecule has 0 spiro atoms. The van der Waals surface area contributed by atoms with Crippen molar-refractivity contribution in [2.75, 3.05) is 7.11 Å². The molecule has 2 nitrogen and oxygen atoms in total. The van der Waals surface area contributed by atoms with Crippen LogP contribution in [0.3, 0.4) is 0 Å². The van der Waals surface area contributed by atoms with Crippen molar-refractivity contribution in [3.05, 3.63) is 70.8 Å². The van der Waals surface area contributed by atoms with Crippen LogP contribution in [-0.2, 0) is 17.9 Å². The number of methoxy groups -OCH3 is 1. The monoisotopic (exact) mass is 269 g/mol. The lowest BCUT2D eigenvalue weighted by molar-refractivity contribution is 0.185. The Balaban J connectivity index is 1.91. The number of nitrogens with one attached hydrogen (secondary N) is 1. The van der Waals surface area contributed by atoms with Crippen LogP contribution in [0.1, 0.15) is 35.2 Å². The second kappa shape index (κ2) is 7.22. The van der Waals surface area contributed by atoms with Gasteiger partial charge in [0.2, 0.25) is 0 Å². The lowest BCUT2D eigenvalue weighted by atomic mass is 10.1. The summed E-state index contributed by atoms with van der Waals surface area (Å²) >= 11 is 0. The Morgan fingerprint density at radius 2 is 1.75 bits per heavy atom. The van der Waals surface area contributed by atoms with Crippen LogP contribution in [0.5, 0.6) is 0 Å². The highest BCUT2D eigenvalue weighted by molar-refractivity contribution is 5.25. The maximum atomic E-state index is 5.12. The molecule has 20 heavy (non-hydrogen) atoms. The fourth-order valence-electron chi connectivity index (χ4n) is 2.25. The number of ether oxygens (including phenoxy) is 1. The molecule has 0 aromatic heterocycles. The van der Waals surface area contributed by atoms with Crippen LogP contribution in [-0.4, -0.2) is 7.11 Å².